The zero-order valence-corrected chi connectivity index (χ0v) is 9.63. The number of halogens is 1. The van der Waals surface area contributed by atoms with E-state index in [1.54, 1.807) is 6.07 Å². The lowest BCUT2D eigenvalue weighted by Gasteiger charge is -2.03. The van der Waals surface area contributed by atoms with Crippen LogP contribution < -0.4 is 0 Å². The van der Waals surface area contributed by atoms with E-state index in [0.717, 1.165) is 22.9 Å². The largest absolute Gasteiger partial charge is 0.396 e. The van der Waals surface area contributed by atoms with Gasteiger partial charge in [0.15, 0.2) is 0 Å². The summed E-state index contributed by atoms with van der Waals surface area (Å²) in [6.45, 7) is 2.13. The van der Waals surface area contributed by atoms with Gasteiger partial charge in [0.25, 0.3) is 0 Å². The zero-order valence-electron chi connectivity index (χ0n) is 9.63. The van der Waals surface area contributed by atoms with E-state index >= 15 is 0 Å². The average molecular weight is 221 g/mol. The zero-order chi connectivity index (χ0) is 11.7. The lowest BCUT2D eigenvalue weighted by atomic mass is 10.1. The molecule has 0 fully saturated rings. The van der Waals surface area contributed by atoms with Crippen LogP contribution in [0.3, 0.4) is 0 Å². The van der Waals surface area contributed by atoms with Gasteiger partial charge in [-0.25, -0.2) is 4.39 Å². The number of aryl methyl sites for hydroxylation is 3. The first-order valence-electron chi connectivity index (χ1n) is 5.48. The van der Waals surface area contributed by atoms with Gasteiger partial charge in [-0.05, 0) is 43.0 Å². The number of aliphatic hydroxyl groups excluding tert-OH is 1. The molecule has 0 aliphatic carbocycles. The molecule has 0 aliphatic heterocycles. The van der Waals surface area contributed by atoms with Gasteiger partial charge < -0.3 is 9.67 Å². The van der Waals surface area contributed by atoms with Crippen molar-refractivity contribution < 1.29 is 9.50 Å². The molecule has 0 aliphatic rings. The van der Waals surface area contributed by atoms with E-state index < -0.39 is 0 Å². The summed E-state index contributed by atoms with van der Waals surface area (Å²) in [5.74, 6) is -0.180. The molecule has 0 bridgehead atoms. The number of hydrogen-bond acceptors (Lipinski definition) is 1. The van der Waals surface area contributed by atoms with Crippen LogP contribution in [-0.4, -0.2) is 16.3 Å². The molecule has 0 saturated carbocycles. The van der Waals surface area contributed by atoms with Gasteiger partial charge in [-0.3, -0.25) is 0 Å². The van der Waals surface area contributed by atoms with Crippen LogP contribution in [0.1, 0.15) is 17.5 Å². The van der Waals surface area contributed by atoms with Crippen molar-refractivity contribution in [1.29, 1.82) is 0 Å². The number of rotatable bonds is 3. The van der Waals surface area contributed by atoms with Crippen LogP contribution in [0.5, 0.6) is 0 Å². The summed E-state index contributed by atoms with van der Waals surface area (Å²) >= 11 is 0. The minimum absolute atomic E-state index is 0.146. The number of fused-ring (bicyclic) bond motifs is 1. The minimum Gasteiger partial charge on any atom is -0.396 e. The maximum absolute atomic E-state index is 13.9. The maximum Gasteiger partial charge on any atom is 0.147 e. The number of benzene rings is 1. The molecule has 2 nitrogen and oxygen atoms in total. The van der Waals surface area contributed by atoms with Crippen molar-refractivity contribution in [2.75, 3.05) is 6.61 Å². The van der Waals surface area contributed by atoms with Crippen LogP contribution in [0.2, 0.25) is 0 Å². The van der Waals surface area contributed by atoms with Crippen LogP contribution in [0, 0.1) is 12.7 Å². The molecule has 16 heavy (non-hydrogen) atoms. The minimum atomic E-state index is -0.180. The topological polar surface area (TPSA) is 25.2 Å². The number of aromatic nitrogens is 1. The summed E-state index contributed by atoms with van der Waals surface area (Å²) in [5.41, 5.74) is 2.70. The van der Waals surface area contributed by atoms with E-state index in [1.807, 2.05) is 30.8 Å². The summed E-state index contributed by atoms with van der Waals surface area (Å²) in [7, 11) is 1.85. The molecule has 3 heteroatoms. The standard InChI is InChI=1S/C13H16FNO/c1-9-8-15(2)13-11(9)6-10(4-3-5-16)7-12(13)14/h6-8,16H,3-5H2,1-2H3. The fourth-order valence-corrected chi connectivity index (χ4v) is 2.17. The van der Waals surface area contributed by atoms with Crippen molar-refractivity contribution in [2.45, 2.75) is 19.8 Å². The van der Waals surface area contributed by atoms with E-state index in [2.05, 4.69) is 0 Å². The summed E-state index contributed by atoms with van der Waals surface area (Å²) in [6, 6.07) is 3.58. The number of hydrogen-bond donors (Lipinski definition) is 1. The Balaban J connectivity index is 2.53. The Morgan fingerprint density at radius 3 is 2.81 bits per heavy atom. The highest BCUT2D eigenvalue weighted by Crippen LogP contribution is 2.24. The predicted octanol–water partition coefficient (Wildman–Crippen LogP) is 2.55. The van der Waals surface area contributed by atoms with Crippen molar-refractivity contribution in [1.82, 2.24) is 4.57 Å². The molecule has 1 aromatic heterocycles. The van der Waals surface area contributed by atoms with Gasteiger partial charge in [0.1, 0.15) is 5.82 Å². The molecular formula is C13H16FNO. The van der Waals surface area contributed by atoms with Crippen LogP contribution in [-0.2, 0) is 13.5 Å². The molecule has 1 heterocycles. The quantitative estimate of drug-likeness (QED) is 0.846. The van der Waals surface area contributed by atoms with Gasteiger partial charge >= 0.3 is 0 Å². The molecule has 0 saturated heterocycles. The normalized spacial score (nSPS) is 11.2. The second-order valence-electron chi connectivity index (χ2n) is 4.22. The Morgan fingerprint density at radius 2 is 2.12 bits per heavy atom. The second kappa shape index (κ2) is 4.26. The van der Waals surface area contributed by atoms with Gasteiger partial charge in [-0.2, -0.15) is 0 Å². The lowest BCUT2D eigenvalue weighted by Crippen LogP contribution is -1.93. The molecule has 1 aromatic carbocycles. The van der Waals surface area contributed by atoms with Crippen LogP contribution in [0.4, 0.5) is 4.39 Å². The first-order chi connectivity index (χ1) is 7.63. The maximum atomic E-state index is 13.9. The van der Waals surface area contributed by atoms with Crippen molar-refractivity contribution in [2.24, 2.45) is 7.05 Å². The molecule has 1 N–H and O–H groups in total. The van der Waals surface area contributed by atoms with Crippen LogP contribution in [0.25, 0.3) is 10.9 Å². The Hall–Kier alpha value is -1.35. The van der Waals surface area contributed by atoms with E-state index in [1.165, 1.54) is 0 Å². The highest BCUT2D eigenvalue weighted by molar-refractivity contribution is 5.85. The van der Waals surface area contributed by atoms with Crippen molar-refractivity contribution >= 4 is 10.9 Å². The monoisotopic (exact) mass is 221 g/mol. The smallest absolute Gasteiger partial charge is 0.147 e. The second-order valence-corrected chi connectivity index (χ2v) is 4.22. The van der Waals surface area contributed by atoms with Crippen LogP contribution >= 0.6 is 0 Å². The fraction of sp³-hybridized carbons (Fsp3) is 0.385. The third kappa shape index (κ3) is 1.83. The number of nitrogens with zero attached hydrogens (tertiary/aromatic N) is 1. The molecule has 0 amide bonds. The summed E-state index contributed by atoms with van der Waals surface area (Å²) in [6.07, 6.45) is 3.33. The first kappa shape index (κ1) is 11.1. The molecule has 0 atom stereocenters. The fourth-order valence-electron chi connectivity index (χ4n) is 2.17. The van der Waals surface area contributed by atoms with Crippen LogP contribution in [0.15, 0.2) is 18.3 Å². The average Bonchev–Trinajstić information content (AvgIpc) is 2.52. The summed E-state index contributed by atoms with van der Waals surface area (Å²) in [5, 5.41) is 9.74. The van der Waals surface area contributed by atoms with E-state index in [4.69, 9.17) is 5.11 Å². The Morgan fingerprint density at radius 1 is 1.38 bits per heavy atom. The molecule has 0 radical (unpaired) electrons. The summed E-state index contributed by atoms with van der Waals surface area (Å²) in [4.78, 5) is 0. The molecule has 2 aromatic rings. The Labute approximate surface area is 94.3 Å². The molecule has 0 unspecified atom stereocenters. The third-order valence-corrected chi connectivity index (χ3v) is 2.91. The Kier molecular flexibility index (Phi) is 2.97. The molecule has 86 valence electrons. The van der Waals surface area contributed by atoms with Gasteiger partial charge in [-0.15, -0.1) is 0 Å². The van der Waals surface area contributed by atoms with Gasteiger partial charge in [0, 0.05) is 25.2 Å². The lowest BCUT2D eigenvalue weighted by molar-refractivity contribution is 0.288. The van der Waals surface area contributed by atoms with Gasteiger partial charge in [-0.1, -0.05) is 0 Å². The molecule has 0 spiro atoms. The van der Waals surface area contributed by atoms with Crippen molar-refractivity contribution in [3.8, 4) is 0 Å². The first-order valence-corrected chi connectivity index (χ1v) is 5.48. The van der Waals surface area contributed by atoms with Crippen molar-refractivity contribution in [3.63, 3.8) is 0 Å². The third-order valence-electron chi connectivity index (χ3n) is 2.91. The Bertz CT molecular complexity index is 516. The van der Waals surface area contributed by atoms with Gasteiger partial charge in [0.2, 0.25) is 0 Å². The van der Waals surface area contributed by atoms with E-state index in [-0.39, 0.29) is 12.4 Å². The predicted molar refractivity (Wildman–Crippen MR) is 63.0 cm³/mol. The van der Waals surface area contributed by atoms with Crippen molar-refractivity contribution in [3.05, 3.63) is 35.3 Å². The highest BCUT2D eigenvalue weighted by Gasteiger charge is 2.09. The molecule has 2 rings (SSSR count). The van der Waals surface area contributed by atoms with E-state index in [9.17, 15) is 4.39 Å². The summed E-state index contributed by atoms with van der Waals surface area (Å²) < 4.78 is 15.7. The highest BCUT2D eigenvalue weighted by atomic mass is 19.1. The SMILES string of the molecule is Cc1cn(C)c2c(F)cc(CCCO)cc12. The number of aliphatic hydroxyl groups is 1. The van der Waals surface area contributed by atoms with E-state index in [0.29, 0.717) is 11.9 Å². The van der Waals surface area contributed by atoms with Gasteiger partial charge in [0.05, 0.1) is 5.52 Å². The molecular weight excluding hydrogens is 205 g/mol.